The van der Waals surface area contributed by atoms with E-state index in [1.807, 2.05) is 6.20 Å². The van der Waals surface area contributed by atoms with Crippen molar-refractivity contribution in [2.45, 2.75) is 40.3 Å². The molecular formula is C11H20BrN3. The molecular weight excluding hydrogens is 254 g/mol. The molecule has 0 saturated carbocycles. The lowest BCUT2D eigenvalue weighted by Gasteiger charge is -2.23. The van der Waals surface area contributed by atoms with E-state index in [1.54, 1.807) is 0 Å². The van der Waals surface area contributed by atoms with Crippen LogP contribution in [0.25, 0.3) is 0 Å². The van der Waals surface area contributed by atoms with Gasteiger partial charge in [-0.25, -0.2) is 0 Å². The number of halogens is 1. The van der Waals surface area contributed by atoms with Gasteiger partial charge in [0.05, 0.1) is 22.4 Å². The molecule has 86 valence electrons. The van der Waals surface area contributed by atoms with Gasteiger partial charge in [0, 0.05) is 6.54 Å². The second-order valence-electron chi connectivity index (χ2n) is 3.97. The summed E-state index contributed by atoms with van der Waals surface area (Å²) in [6, 6.07) is 0.367. The monoisotopic (exact) mass is 273 g/mol. The van der Waals surface area contributed by atoms with Crippen LogP contribution in [0.5, 0.6) is 0 Å². The predicted octanol–water partition coefficient (Wildman–Crippen LogP) is 2.97. The molecule has 0 bridgehead atoms. The van der Waals surface area contributed by atoms with E-state index >= 15 is 0 Å². The van der Waals surface area contributed by atoms with Crippen LogP contribution in [0.3, 0.4) is 0 Å². The first-order valence-electron chi connectivity index (χ1n) is 5.56. The topological polar surface area (TPSA) is 29.9 Å². The molecule has 1 rings (SSSR count). The maximum absolute atomic E-state index is 4.35. The highest BCUT2D eigenvalue weighted by molar-refractivity contribution is 9.10. The lowest BCUT2D eigenvalue weighted by Crippen LogP contribution is -2.28. The van der Waals surface area contributed by atoms with Crippen LogP contribution in [-0.2, 0) is 6.54 Å². The van der Waals surface area contributed by atoms with Gasteiger partial charge in [-0.05, 0) is 35.3 Å². The average Bonchev–Trinajstić information content (AvgIpc) is 2.55. The van der Waals surface area contributed by atoms with E-state index in [0.29, 0.717) is 12.0 Å². The van der Waals surface area contributed by atoms with Gasteiger partial charge >= 0.3 is 0 Å². The number of nitrogens with zero attached hydrogens (tertiary/aromatic N) is 2. The number of hydrogen-bond donors (Lipinski definition) is 1. The Labute approximate surface area is 100 Å². The summed E-state index contributed by atoms with van der Waals surface area (Å²) in [7, 11) is 0. The van der Waals surface area contributed by atoms with E-state index in [4.69, 9.17) is 0 Å². The van der Waals surface area contributed by atoms with Gasteiger partial charge in [0.25, 0.3) is 0 Å². The summed E-state index contributed by atoms with van der Waals surface area (Å²) in [5.74, 6) is 0.559. The minimum Gasteiger partial charge on any atom is -0.309 e. The third-order valence-corrected chi connectivity index (χ3v) is 3.13. The molecule has 0 aromatic carbocycles. The van der Waals surface area contributed by atoms with Crippen molar-refractivity contribution in [2.75, 3.05) is 6.54 Å². The van der Waals surface area contributed by atoms with E-state index in [1.165, 1.54) is 5.69 Å². The fourth-order valence-electron chi connectivity index (χ4n) is 1.80. The van der Waals surface area contributed by atoms with Crippen LogP contribution in [0.1, 0.15) is 39.4 Å². The Bertz CT molecular complexity index is 307. The Balaban J connectivity index is 3.03. The molecule has 0 aliphatic rings. The normalized spacial score (nSPS) is 13.5. The van der Waals surface area contributed by atoms with Gasteiger partial charge in [-0.15, -0.1) is 0 Å². The summed E-state index contributed by atoms with van der Waals surface area (Å²) in [6.45, 7) is 10.6. The highest BCUT2D eigenvalue weighted by atomic mass is 79.9. The smallest absolute Gasteiger partial charge is 0.0698 e. The van der Waals surface area contributed by atoms with Crippen molar-refractivity contribution in [3.63, 3.8) is 0 Å². The quantitative estimate of drug-likeness (QED) is 0.894. The fraction of sp³-hybridized carbons (Fsp3) is 0.727. The first-order valence-corrected chi connectivity index (χ1v) is 6.35. The van der Waals surface area contributed by atoms with Crippen LogP contribution >= 0.6 is 15.9 Å². The molecule has 0 amide bonds. The van der Waals surface area contributed by atoms with Gasteiger partial charge in [0.15, 0.2) is 0 Å². The van der Waals surface area contributed by atoms with Crippen molar-refractivity contribution in [1.29, 1.82) is 0 Å². The summed E-state index contributed by atoms with van der Waals surface area (Å²) >= 11 is 3.57. The molecule has 0 spiro atoms. The molecule has 0 aliphatic carbocycles. The van der Waals surface area contributed by atoms with Crippen molar-refractivity contribution in [2.24, 2.45) is 5.92 Å². The molecule has 0 saturated heterocycles. The molecule has 1 heterocycles. The number of rotatable bonds is 5. The van der Waals surface area contributed by atoms with Gasteiger partial charge in [-0.3, -0.25) is 4.68 Å². The van der Waals surface area contributed by atoms with Crippen LogP contribution in [0, 0.1) is 5.92 Å². The number of aromatic nitrogens is 2. The summed E-state index contributed by atoms with van der Waals surface area (Å²) in [5, 5.41) is 7.86. The van der Waals surface area contributed by atoms with Crippen LogP contribution in [0.4, 0.5) is 0 Å². The van der Waals surface area contributed by atoms with Crippen LogP contribution in [0.2, 0.25) is 0 Å². The number of aryl methyl sites for hydroxylation is 1. The molecule has 1 aromatic heterocycles. The maximum atomic E-state index is 4.35. The van der Waals surface area contributed by atoms with Crippen LogP contribution < -0.4 is 5.32 Å². The lowest BCUT2D eigenvalue weighted by molar-refractivity contribution is 0.390. The van der Waals surface area contributed by atoms with Crippen molar-refractivity contribution < 1.29 is 0 Å². The Morgan fingerprint density at radius 1 is 1.47 bits per heavy atom. The molecule has 3 nitrogen and oxygen atoms in total. The van der Waals surface area contributed by atoms with Gasteiger partial charge < -0.3 is 5.32 Å². The largest absolute Gasteiger partial charge is 0.309 e. The molecule has 0 radical (unpaired) electrons. The summed E-state index contributed by atoms with van der Waals surface area (Å²) in [6.07, 6.45) is 1.88. The maximum Gasteiger partial charge on any atom is 0.0698 e. The van der Waals surface area contributed by atoms with Gasteiger partial charge in [-0.1, -0.05) is 20.8 Å². The van der Waals surface area contributed by atoms with E-state index in [2.05, 4.69) is 58.7 Å². The lowest BCUT2D eigenvalue weighted by atomic mass is 10.0. The average molecular weight is 274 g/mol. The Morgan fingerprint density at radius 2 is 2.13 bits per heavy atom. The van der Waals surface area contributed by atoms with E-state index in [0.717, 1.165) is 17.6 Å². The first-order chi connectivity index (χ1) is 7.11. The second kappa shape index (κ2) is 5.66. The van der Waals surface area contributed by atoms with Gasteiger partial charge in [0.2, 0.25) is 0 Å². The molecule has 4 heteroatoms. The van der Waals surface area contributed by atoms with Crippen LogP contribution in [-0.4, -0.2) is 16.3 Å². The van der Waals surface area contributed by atoms with Gasteiger partial charge in [-0.2, -0.15) is 5.10 Å². The minimum atomic E-state index is 0.367. The van der Waals surface area contributed by atoms with Gasteiger partial charge in [0.1, 0.15) is 0 Å². The third kappa shape index (κ3) is 2.82. The van der Waals surface area contributed by atoms with Crippen LogP contribution in [0.15, 0.2) is 10.7 Å². The second-order valence-corrected chi connectivity index (χ2v) is 4.83. The Hall–Kier alpha value is -0.350. The van der Waals surface area contributed by atoms with Crippen molar-refractivity contribution >= 4 is 15.9 Å². The van der Waals surface area contributed by atoms with E-state index in [9.17, 15) is 0 Å². The van der Waals surface area contributed by atoms with E-state index in [-0.39, 0.29) is 0 Å². The molecule has 0 aliphatic heterocycles. The molecule has 1 unspecified atom stereocenters. The molecule has 1 atom stereocenters. The Morgan fingerprint density at radius 3 is 2.60 bits per heavy atom. The predicted molar refractivity (Wildman–Crippen MR) is 66.9 cm³/mol. The summed E-state index contributed by atoms with van der Waals surface area (Å²) in [5.41, 5.74) is 1.26. The van der Waals surface area contributed by atoms with Crippen molar-refractivity contribution in [3.8, 4) is 0 Å². The summed E-state index contributed by atoms with van der Waals surface area (Å²) < 4.78 is 3.15. The fourth-order valence-corrected chi connectivity index (χ4v) is 2.34. The van der Waals surface area contributed by atoms with Crippen molar-refractivity contribution in [3.05, 3.63) is 16.4 Å². The third-order valence-electron chi connectivity index (χ3n) is 2.52. The zero-order valence-corrected chi connectivity index (χ0v) is 11.5. The highest BCUT2D eigenvalue weighted by Crippen LogP contribution is 2.28. The molecule has 1 aromatic rings. The molecule has 0 fully saturated rings. The van der Waals surface area contributed by atoms with Crippen molar-refractivity contribution in [1.82, 2.24) is 15.1 Å². The number of hydrogen-bond acceptors (Lipinski definition) is 2. The Kier molecular flexibility index (Phi) is 4.80. The highest BCUT2D eigenvalue weighted by Gasteiger charge is 2.21. The first kappa shape index (κ1) is 12.7. The van der Waals surface area contributed by atoms with E-state index < -0.39 is 0 Å². The summed E-state index contributed by atoms with van der Waals surface area (Å²) in [4.78, 5) is 0. The zero-order chi connectivity index (χ0) is 11.4. The molecule has 15 heavy (non-hydrogen) atoms. The SMILES string of the molecule is CCNC(c1c(Br)cnn1CC)C(C)C. The zero-order valence-electron chi connectivity index (χ0n) is 9.92. The molecule has 1 N–H and O–H groups in total. The minimum absolute atomic E-state index is 0.367. The number of nitrogens with one attached hydrogen (secondary N) is 1. The standard InChI is InChI=1S/C11H20BrN3/c1-5-13-10(8(3)4)11-9(12)7-14-15(11)6-2/h7-8,10,13H,5-6H2,1-4H3.